The fourth-order valence-electron chi connectivity index (χ4n) is 2.72. The van der Waals surface area contributed by atoms with Crippen molar-refractivity contribution in [3.8, 4) is 0 Å². The third-order valence-electron chi connectivity index (χ3n) is 4.26. The molecule has 0 amide bonds. The molecule has 1 atom stereocenters. The second kappa shape index (κ2) is 4.26. The highest BCUT2D eigenvalue weighted by Crippen LogP contribution is 2.43. The van der Waals surface area contributed by atoms with Gasteiger partial charge in [0, 0.05) is 0 Å². The Morgan fingerprint density at radius 3 is 1.80 bits per heavy atom. The zero-order valence-electron chi connectivity index (χ0n) is 10.7. The molecule has 0 spiro atoms. The molecule has 0 saturated carbocycles. The number of hydroxylamine groups is 2. The van der Waals surface area contributed by atoms with Crippen molar-refractivity contribution in [2.45, 2.75) is 65.0 Å². The summed E-state index contributed by atoms with van der Waals surface area (Å²) < 4.78 is 0. The van der Waals surface area contributed by atoms with Crippen LogP contribution in [0.25, 0.3) is 0 Å². The van der Waals surface area contributed by atoms with Crippen LogP contribution in [0, 0.1) is 5.92 Å². The molecule has 0 aromatic rings. The van der Waals surface area contributed by atoms with E-state index < -0.39 is 0 Å². The first-order valence-corrected chi connectivity index (χ1v) is 6.17. The van der Waals surface area contributed by atoms with E-state index in [0.29, 0.717) is 5.92 Å². The minimum Gasteiger partial charge on any atom is -0.135 e. The van der Waals surface area contributed by atoms with Crippen molar-refractivity contribution in [3.05, 3.63) is 12.2 Å². The largest absolute Gasteiger partial charge is 0.135 e. The molecule has 1 radical (unpaired) electrons. The Kier molecular flexibility index (Phi) is 3.62. The summed E-state index contributed by atoms with van der Waals surface area (Å²) in [6.45, 7) is 10.6. The average Bonchev–Trinajstić information content (AvgIpc) is 2.53. The quantitative estimate of drug-likeness (QED) is 0.651. The normalized spacial score (nSPS) is 30.3. The van der Waals surface area contributed by atoms with Crippen LogP contribution in [-0.4, -0.2) is 16.1 Å². The molecule has 2 nitrogen and oxygen atoms in total. The van der Waals surface area contributed by atoms with Crippen LogP contribution in [0.1, 0.15) is 53.9 Å². The molecule has 0 aliphatic carbocycles. The van der Waals surface area contributed by atoms with Gasteiger partial charge in [-0.15, -0.1) is 10.3 Å². The van der Waals surface area contributed by atoms with Gasteiger partial charge in [0.15, 0.2) is 0 Å². The van der Waals surface area contributed by atoms with Crippen LogP contribution in [0.4, 0.5) is 0 Å². The van der Waals surface area contributed by atoms with Gasteiger partial charge in [0.1, 0.15) is 0 Å². The van der Waals surface area contributed by atoms with Gasteiger partial charge in [-0.25, -0.2) is 0 Å². The van der Waals surface area contributed by atoms with Crippen LogP contribution >= 0.6 is 0 Å². The van der Waals surface area contributed by atoms with E-state index in [0.717, 1.165) is 19.3 Å². The molecule has 15 heavy (non-hydrogen) atoms. The van der Waals surface area contributed by atoms with Crippen LogP contribution in [-0.2, 0) is 5.21 Å². The van der Waals surface area contributed by atoms with Crippen molar-refractivity contribution in [1.29, 1.82) is 0 Å². The zero-order valence-corrected chi connectivity index (χ0v) is 10.7. The monoisotopic (exact) mass is 210 g/mol. The molecule has 87 valence electrons. The summed E-state index contributed by atoms with van der Waals surface area (Å²) in [5.74, 6) is 0.372. The molecule has 1 aliphatic rings. The minimum atomic E-state index is -0.272. The molecule has 0 N–H and O–H groups in total. The van der Waals surface area contributed by atoms with E-state index in [-0.39, 0.29) is 11.1 Å². The maximum atomic E-state index is 12.5. The molecule has 0 fully saturated rings. The van der Waals surface area contributed by atoms with Crippen LogP contribution in [0.3, 0.4) is 0 Å². The lowest BCUT2D eigenvalue weighted by Gasteiger charge is -2.42. The fourth-order valence-corrected chi connectivity index (χ4v) is 2.72. The Morgan fingerprint density at radius 2 is 1.60 bits per heavy atom. The summed E-state index contributed by atoms with van der Waals surface area (Å²) in [5.41, 5.74) is -0.522. The minimum absolute atomic E-state index is 0.250. The molecule has 0 aromatic carbocycles. The number of nitrogens with zero attached hydrogens (tertiary/aromatic N) is 1. The number of hydrogen-bond acceptors (Lipinski definition) is 1. The highest BCUT2D eigenvalue weighted by molar-refractivity contribution is 5.24. The third-order valence-corrected chi connectivity index (χ3v) is 4.26. The summed E-state index contributed by atoms with van der Waals surface area (Å²) in [6, 6.07) is 0. The van der Waals surface area contributed by atoms with Crippen LogP contribution in [0.2, 0.25) is 0 Å². The van der Waals surface area contributed by atoms with Gasteiger partial charge in [0.2, 0.25) is 0 Å². The van der Waals surface area contributed by atoms with Gasteiger partial charge in [0.25, 0.3) is 0 Å². The van der Waals surface area contributed by atoms with E-state index in [4.69, 9.17) is 0 Å². The maximum Gasteiger partial charge on any atom is 0.0703 e. The SMILES string of the molecule is CCC1(CC)C=CC(CC)(C(C)C)N1[O]. The lowest BCUT2D eigenvalue weighted by molar-refractivity contribution is -0.265. The third kappa shape index (κ3) is 1.64. The second-order valence-corrected chi connectivity index (χ2v) is 4.94. The van der Waals surface area contributed by atoms with Gasteiger partial charge in [-0.3, -0.25) is 0 Å². The predicted molar refractivity (Wildman–Crippen MR) is 62.8 cm³/mol. The molecule has 0 bridgehead atoms. The van der Waals surface area contributed by atoms with Gasteiger partial charge >= 0.3 is 0 Å². The van der Waals surface area contributed by atoms with E-state index in [1.54, 1.807) is 0 Å². The molecule has 1 aliphatic heterocycles. The Labute approximate surface area is 93.9 Å². The van der Waals surface area contributed by atoms with E-state index in [1.165, 1.54) is 5.06 Å². The first-order valence-electron chi connectivity index (χ1n) is 6.17. The van der Waals surface area contributed by atoms with Crippen molar-refractivity contribution in [1.82, 2.24) is 5.06 Å². The van der Waals surface area contributed by atoms with Crippen molar-refractivity contribution in [2.24, 2.45) is 5.92 Å². The molecule has 1 rings (SSSR count). The predicted octanol–water partition coefficient (Wildman–Crippen LogP) is 3.57. The molecule has 0 saturated heterocycles. The smallest absolute Gasteiger partial charge is 0.0703 e. The number of rotatable bonds is 4. The first kappa shape index (κ1) is 12.7. The van der Waals surface area contributed by atoms with Gasteiger partial charge in [-0.2, -0.15) is 0 Å². The number of hydrogen-bond donors (Lipinski definition) is 0. The van der Waals surface area contributed by atoms with Crippen LogP contribution in [0.5, 0.6) is 0 Å². The fraction of sp³-hybridized carbons (Fsp3) is 0.846. The van der Waals surface area contributed by atoms with Crippen molar-refractivity contribution >= 4 is 0 Å². The molecular weight excluding hydrogens is 186 g/mol. The molecule has 1 unspecified atom stereocenters. The van der Waals surface area contributed by atoms with Gasteiger partial charge in [-0.05, 0) is 25.2 Å². The molecule has 0 aromatic heterocycles. The summed E-state index contributed by atoms with van der Waals surface area (Å²) in [6.07, 6.45) is 6.99. The van der Waals surface area contributed by atoms with Crippen molar-refractivity contribution in [2.75, 3.05) is 0 Å². The Balaban J connectivity index is 3.06. The van der Waals surface area contributed by atoms with E-state index in [9.17, 15) is 5.21 Å². The first-order chi connectivity index (χ1) is 6.99. The maximum absolute atomic E-state index is 12.5. The molecular formula is C13H24NO. The lowest BCUT2D eigenvalue weighted by atomic mass is 9.84. The second-order valence-electron chi connectivity index (χ2n) is 4.94. The topological polar surface area (TPSA) is 23.1 Å². The standard InChI is InChI=1S/C13H24NO/c1-6-12(7-2)9-10-13(8-3,11(4)5)14(12)15/h9-11H,6-8H2,1-5H3. The van der Waals surface area contributed by atoms with E-state index in [2.05, 4.69) is 46.8 Å². The van der Waals surface area contributed by atoms with E-state index >= 15 is 0 Å². The summed E-state index contributed by atoms with van der Waals surface area (Å²) in [7, 11) is 0. The summed E-state index contributed by atoms with van der Waals surface area (Å²) in [5, 5.41) is 13.9. The van der Waals surface area contributed by atoms with E-state index in [1.807, 2.05) is 0 Å². The van der Waals surface area contributed by atoms with Crippen LogP contribution < -0.4 is 0 Å². The zero-order chi connectivity index (χ0) is 11.7. The molecule has 2 heteroatoms. The van der Waals surface area contributed by atoms with Gasteiger partial charge < -0.3 is 0 Å². The van der Waals surface area contributed by atoms with Crippen molar-refractivity contribution in [3.63, 3.8) is 0 Å². The summed E-state index contributed by atoms with van der Waals surface area (Å²) >= 11 is 0. The Bertz CT molecular complexity index is 243. The van der Waals surface area contributed by atoms with Crippen LogP contribution in [0.15, 0.2) is 12.2 Å². The summed E-state index contributed by atoms with van der Waals surface area (Å²) in [4.78, 5) is 0. The lowest BCUT2D eigenvalue weighted by Crippen LogP contribution is -2.54. The van der Waals surface area contributed by atoms with Gasteiger partial charge in [0.05, 0.1) is 11.1 Å². The highest BCUT2D eigenvalue weighted by atomic mass is 16.5. The van der Waals surface area contributed by atoms with Crippen molar-refractivity contribution < 1.29 is 5.21 Å². The highest BCUT2D eigenvalue weighted by Gasteiger charge is 2.50. The molecule has 1 heterocycles. The Hall–Kier alpha value is -0.340. The van der Waals surface area contributed by atoms with Gasteiger partial charge in [-0.1, -0.05) is 46.8 Å². The average molecular weight is 210 g/mol. The Morgan fingerprint density at radius 1 is 1.07 bits per heavy atom.